The molecule has 28 heavy (non-hydrogen) atoms. The van der Waals surface area contributed by atoms with Crippen LogP contribution in [0.15, 0.2) is 30.3 Å². The van der Waals surface area contributed by atoms with Crippen molar-refractivity contribution in [2.45, 2.75) is 49.6 Å². The lowest BCUT2D eigenvalue weighted by Crippen LogP contribution is -2.55. The highest BCUT2D eigenvalue weighted by molar-refractivity contribution is 7.98. The van der Waals surface area contributed by atoms with Gasteiger partial charge in [0, 0.05) is 30.9 Å². The molecule has 0 N–H and O–H groups in total. The summed E-state index contributed by atoms with van der Waals surface area (Å²) in [5.41, 5.74) is 1.56. The minimum Gasteiger partial charge on any atom is -0.321 e. The van der Waals surface area contributed by atoms with Crippen LogP contribution in [-0.4, -0.2) is 72.0 Å². The number of thioether (sulfide) groups is 1. The first-order valence-corrected chi connectivity index (χ1v) is 12.2. The summed E-state index contributed by atoms with van der Waals surface area (Å²) in [5.74, 6) is 1.78. The predicted molar refractivity (Wildman–Crippen MR) is 118 cm³/mol. The van der Waals surface area contributed by atoms with E-state index >= 15 is 0 Å². The van der Waals surface area contributed by atoms with Gasteiger partial charge in [0.25, 0.3) is 0 Å². The Morgan fingerprint density at radius 2 is 1.79 bits per heavy atom. The molecule has 1 aromatic rings. The van der Waals surface area contributed by atoms with Gasteiger partial charge in [0.15, 0.2) is 0 Å². The van der Waals surface area contributed by atoms with Gasteiger partial charge in [-0.1, -0.05) is 30.3 Å². The molecule has 5 heteroatoms. The second kappa shape index (κ2) is 7.91. The highest BCUT2D eigenvalue weighted by atomic mass is 32.2. The number of nitrogens with zero attached hydrogens (tertiary/aromatic N) is 3. The number of carbonyl (C=O) groups is 1. The van der Waals surface area contributed by atoms with Crippen LogP contribution in [0.5, 0.6) is 0 Å². The second-order valence-electron chi connectivity index (χ2n) is 9.27. The average molecular weight is 402 g/mol. The van der Waals surface area contributed by atoms with Gasteiger partial charge < -0.3 is 9.80 Å². The third kappa shape index (κ3) is 3.56. The quantitative estimate of drug-likeness (QED) is 0.683. The first-order chi connectivity index (χ1) is 13.5. The number of rotatable bonds is 7. The first kappa shape index (κ1) is 20.1. The number of carbonyl (C=O) groups excluding carboxylic acids is 1. The summed E-state index contributed by atoms with van der Waals surface area (Å²) in [7, 11) is 4.44. The van der Waals surface area contributed by atoms with E-state index in [1.165, 1.54) is 18.4 Å². The molecule has 1 aromatic carbocycles. The van der Waals surface area contributed by atoms with Crippen LogP contribution in [-0.2, 0) is 5.54 Å². The molecule has 1 aliphatic heterocycles. The fourth-order valence-corrected chi connectivity index (χ4v) is 5.79. The Labute approximate surface area is 174 Å². The van der Waals surface area contributed by atoms with E-state index in [0.717, 1.165) is 57.0 Å². The monoisotopic (exact) mass is 401 g/mol. The minimum absolute atomic E-state index is 0.0480. The van der Waals surface area contributed by atoms with Crippen molar-refractivity contribution in [3.05, 3.63) is 35.9 Å². The van der Waals surface area contributed by atoms with Crippen LogP contribution in [0.3, 0.4) is 0 Å². The van der Waals surface area contributed by atoms with Crippen LogP contribution in [0, 0.1) is 5.92 Å². The normalized spacial score (nSPS) is 30.6. The van der Waals surface area contributed by atoms with Crippen molar-refractivity contribution >= 4 is 17.8 Å². The van der Waals surface area contributed by atoms with Gasteiger partial charge in [0.2, 0.25) is 0 Å². The molecule has 4 rings (SSSR count). The topological polar surface area (TPSA) is 26.8 Å². The first-order valence-electron chi connectivity index (χ1n) is 10.8. The van der Waals surface area contributed by atoms with E-state index in [1.807, 2.05) is 11.8 Å². The molecule has 2 aliphatic carbocycles. The smallest absolute Gasteiger partial charge is 0.320 e. The van der Waals surface area contributed by atoms with Crippen LogP contribution in [0.25, 0.3) is 0 Å². The molecule has 3 fully saturated rings. The fraction of sp³-hybridized carbons (Fsp3) is 0.696. The lowest BCUT2D eigenvalue weighted by Gasteiger charge is -2.51. The van der Waals surface area contributed by atoms with Gasteiger partial charge >= 0.3 is 6.03 Å². The maximum atomic E-state index is 13.2. The van der Waals surface area contributed by atoms with Crippen molar-refractivity contribution in [1.82, 2.24) is 14.7 Å². The summed E-state index contributed by atoms with van der Waals surface area (Å²) >= 11 is 1.83. The van der Waals surface area contributed by atoms with E-state index in [4.69, 9.17) is 0 Å². The Balaban J connectivity index is 1.56. The molecule has 154 valence electrons. The Hall–Kier alpha value is -1.20. The number of urea groups is 1. The molecule has 2 saturated carbocycles. The third-order valence-corrected chi connectivity index (χ3v) is 8.03. The molecule has 1 spiro atoms. The Kier molecular flexibility index (Phi) is 5.67. The molecule has 2 amide bonds. The molecule has 0 radical (unpaired) electrons. The van der Waals surface area contributed by atoms with Crippen LogP contribution >= 0.6 is 11.8 Å². The Morgan fingerprint density at radius 1 is 1.11 bits per heavy atom. The predicted octanol–water partition coefficient (Wildman–Crippen LogP) is 4.27. The van der Waals surface area contributed by atoms with Gasteiger partial charge in [-0.2, -0.15) is 11.8 Å². The molecule has 0 unspecified atom stereocenters. The summed E-state index contributed by atoms with van der Waals surface area (Å²) in [4.78, 5) is 20.1. The van der Waals surface area contributed by atoms with Crippen molar-refractivity contribution in [3.8, 4) is 0 Å². The molecule has 1 saturated heterocycles. The minimum atomic E-state index is 0.0480. The van der Waals surface area contributed by atoms with Gasteiger partial charge in [-0.15, -0.1) is 0 Å². The van der Waals surface area contributed by atoms with Crippen molar-refractivity contribution < 1.29 is 4.79 Å². The zero-order valence-corrected chi connectivity index (χ0v) is 18.5. The largest absolute Gasteiger partial charge is 0.321 e. The highest BCUT2D eigenvalue weighted by Crippen LogP contribution is 2.49. The molecular formula is C23H35N3OS. The fourth-order valence-electron chi connectivity index (χ4n) is 5.39. The zero-order valence-electron chi connectivity index (χ0n) is 17.7. The summed E-state index contributed by atoms with van der Waals surface area (Å²) < 4.78 is 0. The molecule has 4 nitrogen and oxygen atoms in total. The summed E-state index contributed by atoms with van der Waals surface area (Å²) in [5, 5.41) is 0. The van der Waals surface area contributed by atoms with Crippen molar-refractivity contribution in [2.75, 3.05) is 45.7 Å². The van der Waals surface area contributed by atoms with E-state index in [9.17, 15) is 4.79 Å². The highest BCUT2D eigenvalue weighted by Gasteiger charge is 2.54. The third-order valence-electron chi connectivity index (χ3n) is 7.44. The maximum absolute atomic E-state index is 13.2. The van der Waals surface area contributed by atoms with Gasteiger partial charge in [0.05, 0.1) is 5.54 Å². The van der Waals surface area contributed by atoms with E-state index in [-0.39, 0.29) is 11.1 Å². The summed E-state index contributed by atoms with van der Waals surface area (Å²) in [6.45, 7) is 2.80. The molecular weight excluding hydrogens is 366 g/mol. The SMILES string of the molecule is CSCCN1CC2(CCC(c3ccccc3)(N(C)C)CC2)N(CC2CC2)C1=O. The van der Waals surface area contributed by atoms with E-state index in [0.29, 0.717) is 6.03 Å². The zero-order chi connectivity index (χ0) is 19.8. The number of hydrogen-bond donors (Lipinski definition) is 0. The summed E-state index contributed by atoms with van der Waals surface area (Å²) in [6, 6.07) is 11.3. The molecule has 0 bridgehead atoms. The van der Waals surface area contributed by atoms with Crippen molar-refractivity contribution in [3.63, 3.8) is 0 Å². The van der Waals surface area contributed by atoms with Crippen LogP contribution in [0.4, 0.5) is 4.79 Å². The van der Waals surface area contributed by atoms with Crippen LogP contribution in [0.2, 0.25) is 0 Å². The van der Waals surface area contributed by atoms with Gasteiger partial charge in [-0.05, 0) is 70.4 Å². The standard InChI is InChI=1S/C23H35N3OS/c1-24(2)23(20-7-5-4-6-8-20)13-11-22(12-14-23)18-25(15-16-28-3)21(27)26(22)17-19-9-10-19/h4-8,19H,9-18H2,1-3H3. The number of amides is 2. The van der Waals surface area contributed by atoms with E-state index in [1.54, 1.807) is 0 Å². The van der Waals surface area contributed by atoms with Gasteiger partial charge in [-0.25, -0.2) is 4.79 Å². The lowest BCUT2D eigenvalue weighted by atomic mass is 9.68. The molecule has 0 aromatic heterocycles. The van der Waals surface area contributed by atoms with Crippen molar-refractivity contribution in [1.29, 1.82) is 0 Å². The van der Waals surface area contributed by atoms with Crippen LogP contribution < -0.4 is 0 Å². The van der Waals surface area contributed by atoms with Gasteiger partial charge in [0.1, 0.15) is 0 Å². The Morgan fingerprint density at radius 3 is 2.36 bits per heavy atom. The van der Waals surface area contributed by atoms with E-state index < -0.39 is 0 Å². The molecule has 1 heterocycles. The molecule has 3 aliphatic rings. The average Bonchev–Trinajstić information content (AvgIpc) is 3.50. The maximum Gasteiger partial charge on any atom is 0.320 e. The van der Waals surface area contributed by atoms with Gasteiger partial charge in [-0.3, -0.25) is 4.90 Å². The van der Waals surface area contributed by atoms with Crippen LogP contribution in [0.1, 0.15) is 44.1 Å². The number of benzene rings is 1. The molecule has 0 atom stereocenters. The lowest BCUT2D eigenvalue weighted by molar-refractivity contribution is 0.0234. The second-order valence-corrected chi connectivity index (χ2v) is 10.3. The Bertz CT molecular complexity index is 680. The van der Waals surface area contributed by atoms with Crippen molar-refractivity contribution in [2.24, 2.45) is 5.92 Å². The van der Waals surface area contributed by atoms with E-state index in [2.05, 4.69) is 65.4 Å². The number of hydrogen-bond acceptors (Lipinski definition) is 3. The summed E-state index contributed by atoms with van der Waals surface area (Å²) in [6.07, 6.45) is 9.18.